The number of aliphatic hydroxyl groups excluding tert-OH is 1. The van der Waals surface area contributed by atoms with Crippen LogP contribution in [0.3, 0.4) is 0 Å². The van der Waals surface area contributed by atoms with E-state index < -0.39 is 131 Å². The third kappa shape index (κ3) is 11.7. The van der Waals surface area contributed by atoms with Crippen molar-refractivity contribution in [1.29, 1.82) is 0 Å². The standard InChI is InChI=1S/C61H69N3O17/c1-33(2)28-42(62)54(70)63-41-26-24-37(25-27-41)31-75-57(73)79-49(47(38-18-12-9-13-19-38)64-53(69)39-20-14-10-15-21-39)56(72)78-43-30-61(74)52(80-55(71)40-22-16-11-17-23-40)50-59(8,44(67)29-45-60(50,32-76-45)81-36(5)66)51(68)48(77-35(4)65)46(34(43)3)58(61,6)7/h9-27,33,42-45,47-50,52,67,74H,28-32,62H2,1-8H3,(H,63,70)(H,64,69)/t42-,43-,44-,45+,47-,48+,49+,50?,52-,59+,60-,61+/m0/s1. The Morgan fingerprint density at radius 3 is 1.98 bits per heavy atom. The highest BCUT2D eigenvalue weighted by Crippen LogP contribution is 2.64. The van der Waals surface area contributed by atoms with Gasteiger partial charge >= 0.3 is 30.0 Å². The molecule has 2 bridgehead atoms. The number of carbonyl (C=O) groups is 8. The average Bonchev–Trinajstić information content (AvgIpc) is 3.33. The molecule has 4 aliphatic rings. The number of aliphatic hydroxyl groups is 2. The van der Waals surface area contributed by atoms with Crippen LogP contribution in [0.15, 0.2) is 126 Å². The van der Waals surface area contributed by atoms with Crippen LogP contribution in [0.5, 0.6) is 0 Å². The lowest BCUT2D eigenvalue weighted by atomic mass is 9.44. The number of ether oxygens (including phenoxy) is 7. The molecule has 20 heteroatoms. The Hall–Kier alpha value is -7.78. The lowest BCUT2D eigenvalue weighted by Gasteiger charge is -2.67. The summed E-state index contributed by atoms with van der Waals surface area (Å²) in [5.74, 6) is -7.47. The van der Waals surface area contributed by atoms with Gasteiger partial charge < -0.3 is 59.7 Å². The molecular formula is C61H69N3O17. The van der Waals surface area contributed by atoms with E-state index in [0.29, 0.717) is 17.7 Å². The Balaban J connectivity index is 1.22. The van der Waals surface area contributed by atoms with Crippen molar-refractivity contribution in [2.75, 3.05) is 11.9 Å². The lowest BCUT2D eigenvalue weighted by molar-refractivity contribution is -0.346. The molecule has 3 fully saturated rings. The normalized spacial score (nSPS) is 27.4. The van der Waals surface area contributed by atoms with Crippen LogP contribution < -0.4 is 16.4 Å². The summed E-state index contributed by atoms with van der Waals surface area (Å²) in [5, 5.41) is 31.9. The summed E-state index contributed by atoms with van der Waals surface area (Å²) < 4.78 is 42.4. The van der Waals surface area contributed by atoms with Gasteiger partial charge in [0.05, 0.1) is 35.6 Å². The van der Waals surface area contributed by atoms with Gasteiger partial charge in [0.1, 0.15) is 36.6 Å². The maximum Gasteiger partial charge on any atom is 0.509 e. The van der Waals surface area contributed by atoms with Crippen LogP contribution in [0.2, 0.25) is 0 Å². The molecule has 4 aromatic carbocycles. The second-order valence-electron chi connectivity index (χ2n) is 22.4. The number of esters is 4. The number of anilines is 1. The van der Waals surface area contributed by atoms with E-state index in [0.717, 1.165) is 13.8 Å². The first-order valence-electron chi connectivity index (χ1n) is 26.8. The highest BCUT2D eigenvalue weighted by molar-refractivity contribution is 5.97. The molecule has 430 valence electrons. The summed E-state index contributed by atoms with van der Waals surface area (Å²) in [6.07, 6.45) is -12.1. The van der Waals surface area contributed by atoms with Gasteiger partial charge in [-0.15, -0.1) is 0 Å². The summed E-state index contributed by atoms with van der Waals surface area (Å²) in [6.45, 7) is 11.3. The van der Waals surface area contributed by atoms with E-state index in [2.05, 4.69) is 10.6 Å². The predicted molar refractivity (Wildman–Crippen MR) is 289 cm³/mol. The number of amides is 2. The molecule has 1 heterocycles. The molecule has 4 aromatic rings. The number of nitrogens with one attached hydrogen (secondary N) is 2. The van der Waals surface area contributed by atoms with Crippen molar-refractivity contribution in [2.45, 2.75) is 141 Å². The topological polar surface area (TPSA) is 292 Å². The van der Waals surface area contributed by atoms with Gasteiger partial charge in [-0.05, 0) is 84.9 Å². The van der Waals surface area contributed by atoms with Crippen molar-refractivity contribution in [3.63, 3.8) is 0 Å². The molecule has 1 aliphatic heterocycles. The zero-order valence-electron chi connectivity index (χ0n) is 46.4. The van der Waals surface area contributed by atoms with Crippen molar-refractivity contribution in [2.24, 2.45) is 28.4 Å². The van der Waals surface area contributed by atoms with Gasteiger partial charge in [0.2, 0.25) is 12.0 Å². The van der Waals surface area contributed by atoms with Crippen LogP contribution in [-0.4, -0.2) is 118 Å². The van der Waals surface area contributed by atoms with Gasteiger partial charge in [-0.25, -0.2) is 14.4 Å². The first-order chi connectivity index (χ1) is 38.3. The van der Waals surface area contributed by atoms with Crippen LogP contribution in [0.1, 0.15) is 113 Å². The first-order valence-corrected chi connectivity index (χ1v) is 26.8. The summed E-state index contributed by atoms with van der Waals surface area (Å²) in [7, 11) is 0. The molecular weight excluding hydrogens is 1050 g/mol. The van der Waals surface area contributed by atoms with E-state index in [1.807, 2.05) is 13.8 Å². The highest BCUT2D eigenvalue weighted by Gasteiger charge is 2.78. The van der Waals surface area contributed by atoms with E-state index >= 15 is 9.59 Å². The van der Waals surface area contributed by atoms with E-state index in [-0.39, 0.29) is 52.7 Å². The first kappa shape index (κ1) is 59.3. The highest BCUT2D eigenvalue weighted by atomic mass is 16.7. The zero-order valence-corrected chi connectivity index (χ0v) is 46.4. The van der Waals surface area contributed by atoms with Gasteiger partial charge in [-0.1, -0.05) is 107 Å². The molecule has 3 aliphatic carbocycles. The molecule has 2 saturated carbocycles. The summed E-state index contributed by atoms with van der Waals surface area (Å²) in [5.41, 5.74) is -0.844. The Morgan fingerprint density at radius 2 is 1.41 bits per heavy atom. The van der Waals surface area contributed by atoms with E-state index in [1.54, 1.807) is 91.0 Å². The van der Waals surface area contributed by atoms with Crippen LogP contribution >= 0.6 is 0 Å². The van der Waals surface area contributed by atoms with Gasteiger partial charge in [-0.2, -0.15) is 0 Å². The summed E-state index contributed by atoms with van der Waals surface area (Å²) >= 11 is 0. The number of hydrogen-bond donors (Lipinski definition) is 5. The molecule has 20 nitrogen and oxygen atoms in total. The predicted octanol–water partition coefficient (Wildman–Crippen LogP) is 6.41. The minimum atomic E-state index is -2.51. The second kappa shape index (κ2) is 23.7. The molecule has 0 spiro atoms. The van der Waals surface area contributed by atoms with Crippen molar-refractivity contribution < 1.29 is 81.7 Å². The quantitative estimate of drug-likeness (QED) is 0.0434. The largest absolute Gasteiger partial charge is 0.509 e. The smallest absolute Gasteiger partial charge is 0.455 e. The number of hydrogen-bond acceptors (Lipinski definition) is 18. The van der Waals surface area contributed by atoms with E-state index in [4.69, 9.17) is 38.9 Å². The van der Waals surface area contributed by atoms with Crippen LogP contribution in [-0.2, 0) is 63.7 Å². The van der Waals surface area contributed by atoms with Crippen LogP contribution in [0, 0.1) is 22.7 Å². The molecule has 0 aromatic heterocycles. The van der Waals surface area contributed by atoms with Crippen molar-refractivity contribution in [1.82, 2.24) is 5.32 Å². The summed E-state index contributed by atoms with van der Waals surface area (Å²) in [6, 6.07) is 28.0. The SMILES string of the molecule is CC(=O)O[C@H]1C(=O)[C@@]2(C)C([C@H](OC(=O)c3ccccc3)[C@]3(O)C[C@H](OC(=O)[C@H](OC(=O)OCc4ccc(NC(=O)[C@@H](N)CC(C)C)cc4)[C@@H](NC(=O)c4ccccc4)c4ccccc4)C(C)=C1C3(C)C)[C@]1(OC(C)=O)CO[C@@H]1C[C@@H]2O. The number of nitrogens with two attached hydrogens (primary N) is 1. The molecule has 1 saturated heterocycles. The Morgan fingerprint density at radius 1 is 0.802 bits per heavy atom. The number of rotatable bonds is 17. The molecule has 0 radical (unpaired) electrons. The fraction of sp³-hybridized carbons (Fsp3) is 0.443. The fourth-order valence-corrected chi connectivity index (χ4v) is 12.1. The molecule has 1 unspecified atom stereocenters. The average molecular weight is 1120 g/mol. The molecule has 12 atom stereocenters. The molecule has 8 rings (SSSR count). The number of carbonyl (C=O) groups excluding carboxylic acids is 8. The van der Waals surface area contributed by atoms with Gasteiger partial charge in [0, 0.05) is 43.4 Å². The molecule has 6 N–H and O–H groups in total. The molecule has 81 heavy (non-hydrogen) atoms. The minimum absolute atomic E-state index is 0.0245. The number of ketones is 1. The van der Waals surface area contributed by atoms with E-state index in [9.17, 15) is 39.0 Å². The van der Waals surface area contributed by atoms with Gasteiger partial charge in [0.25, 0.3) is 5.91 Å². The van der Waals surface area contributed by atoms with Crippen molar-refractivity contribution in [3.05, 3.63) is 149 Å². The third-order valence-electron chi connectivity index (χ3n) is 16.3. The minimum Gasteiger partial charge on any atom is -0.455 e. The lowest BCUT2D eigenvalue weighted by Crippen LogP contribution is -2.82. The summed E-state index contributed by atoms with van der Waals surface area (Å²) in [4.78, 5) is 113. The van der Waals surface area contributed by atoms with Crippen molar-refractivity contribution in [3.8, 4) is 0 Å². The maximum absolute atomic E-state index is 15.8. The third-order valence-corrected chi connectivity index (χ3v) is 16.3. The second-order valence-corrected chi connectivity index (χ2v) is 22.4. The number of fused-ring (bicyclic) bond motifs is 5. The van der Waals surface area contributed by atoms with Crippen molar-refractivity contribution >= 4 is 53.3 Å². The number of benzene rings is 4. The Labute approximate surface area is 469 Å². The van der Waals surface area contributed by atoms with Crippen LogP contribution in [0.25, 0.3) is 0 Å². The number of Topliss-reactive ketones (excluding diaryl/α,β-unsaturated/α-hetero) is 1. The monoisotopic (exact) mass is 1120 g/mol. The van der Waals surface area contributed by atoms with Gasteiger partial charge in [-0.3, -0.25) is 24.0 Å². The fourth-order valence-electron chi connectivity index (χ4n) is 12.1. The van der Waals surface area contributed by atoms with E-state index in [1.165, 1.54) is 52.0 Å². The Bertz CT molecular complexity index is 3060. The maximum atomic E-state index is 15.8. The Kier molecular flexibility index (Phi) is 17.4. The zero-order chi connectivity index (χ0) is 58.8. The van der Waals surface area contributed by atoms with Crippen LogP contribution in [0.4, 0.5) is 10.5 Å². The van der Waals surface area contributed by atoms with Gasteiger partial charge in [0.15, 0.2) is 17.5 Å². The molecule has 2 amide bonds.